The zero-order valence-electron chi connectivity index (χ0n) is 20.1. The number of aromatic nitrogens is 2. The Kier molecular flexibility index (Phi) is 7.88. The molecule has 0 saturated carbocycles. The van der Waals surface area contributed by atoms with E-state index in [9.17, 15) is 13.6 Å². The van der Waals surface area contributed by atoms with Crippen LogP contribution in [0, 0.1) is 18.6 Å². The summed E-state index contributed by atoms with van der Waals surface area (Å²) in [6, 6.07) is 12.0. The molecule has 34 heavy (non-hydrogen) atoms. The third-order valence-corrected chi connectivity index (χ3v) is 4.92. The number of hydrogen-bond donors (Lipinski definition) is 1. The lowest BCUT2D eigenvalue weighted by Gasteiger charge is -2.28. The van der Waals surface area contributed by atoms with E-state index in [1.54, 1.807) is 23.6 Å². The van der Waals surface area contributed by atoms with E-state index >= 15 is 0 Å². The van der Waals surface area contributed by atoms with Gasteiger partial charge in [0.2, 0.25) is 5.88 Å². The fraction of sp³-hybridized carbons (Fsp3) is 0.360. The molecule has 1 heterocycles. The molecular weight excluding hydrogens is 442 g/mol. The van der Waals surface area contributed by atoms with Crippen molar-refractivity contribution >= 4 is 6.03 Å². The van der Waals surface area contributed by atoms with Crippen LogP contribution >= 0.6 is 0 Å². The minimum atomic E-state index is -0.842. The zero-order valence-corrected chi connectivity index (χ0v) is 20.1. The Morgan fingerprint density at radius 2 is 1.85 bits per heavy atom. The van der Waals surface area contributed by atoms with E-state index in [1.807, 2.05) is 51.1 Å². The molecule has 3 rings (SSSR count). The van der Waals surface area contributed by atoms with Gasteiger partial charge in [0.05, 0.1) is 30.1 Å². The third-order valence-electron chi connectivity index (χ3n) is 4.92. The lowest BCUT2D eigenvalue weighted by Crippen LogP contribution is -2.49. The average Bonchev–Trinajstić information content (AvgIpc) is 3.07. The smallest absolute Gasteiger partial charge is 0.318 e. The minimum absolute atomic E-state index is 0.141. The van der Waals surface area contributed by atoms with Crippen molar-refractivity contribution in [3.05, 3.63) is 71.4 Å². The van der Waals surface area contributed by atoms with Crippen molar-refractivity contribution in [2.75, 3.05) is 20.3 Å². The van der Waals surface area contributed by atoms with Crippen molar-refractivity contribution in [2.24, 2.45) is 0 Å². The third kappa shape index (κ3) is 6.32. The van der Waals surface area contributed by atoms with Gasteiger partial charge in [0.25, 0.3) is 0 Å². The molecule has 182 valence electrons. The molecule has 1 aromatic heterocycles. The molecule has 0 unspecified atom stereocenters. The quantitative estimate of drug-likeness (QED) is 0.489. The molecule has 0 aliphatic heterocycles. The Labute approximate surface area is 198 Å². The molecule has 0 saturated heterocycles. The van der Waals surface area contributed by atoms with Crippen LogP contribution in [0.25, 0.3) is 5.69 Å². The lowest BCUT2D eigenvalue weighted by molar-refractivity contribution is 0.142. The molecule has 0 aliphatic carbocycles. The van der Waals surface area contributed by atoms with Crippen molar-refractivity contribution in [3.8, 4) is 17.3 Å². The van der Waals surface area contributed by atoms with Gasteiger partial charge in [-0.15, -0.1) is 0 Å². The van der Waals surface area contributed by atoms with Gasteiger partial charge in [0.1, 0.15) is 5.82 Å². The van der Waals surface area contributed by atoms with Crippen LogP contribution in [0.15, 0.2) is 48.5 Å². The first kappa shape index (κ1) is 25.2. The van der Waals surface area contributed by atoms with Crippen LogP contribution in [0.1, 0.15) is 32.0 Å². The number of aryl methyl sites for hydroxylation is 1. The summed E-state index contributed by atoms with van der Waals surface area (Å²) in [5.41, 5.74) is 1.44. The van der Waals surface area contributed by atoms with Crippen molar-refractivity contribution in [1.82, 2.24) is 20.0 Å². The van der Waals surface area contributed by atoms with E-state index in [1.165, 1.54) is 6.07 Å². The molecule has 3 aromatic rings. The average molecular weight is 473 g/mol. The largest absolute Gasteiger partial charge is 0.435 e. The predicted molar refractivity (Wildman–Crippen MR) is 125 cm³/mol. The minimum Gasteiger partial charge on any atom is -0.435 e. The topological polar surface area (TPSA) is 68.6 Å². The molecule has 0 radical (unpaired) electrons. The van der Waals surface area contributed by atoms with Gasteiger partial charge in [-0.25, -0.2) is 18.3 Å². The number of rotatable bonds is 8. The summed E-state index contributed by atoms with van der Waals surface area (Å²) >= 11 is 0. The maximum atomic E-state index is 14.5. The SMILES string of the molecule is COCCN(Cc1c(C)nn(-c2ccccc2)c1Oc1ccc(F)cc1F)C(=O)NC(C)(C)C. The summed E-state index contributed by atoms with van der Waals surface area (Å²) in [5.74, 6) is -1.46. The summed E-state index contributed by atoms with van der Waals surface area (Å²) in [7, 11) is 1.56. The first-order valence-corrected chi connectivity index (χ1v) is 10.9. The second-order valence-electron chi connectivity index (χ2n) is 8.89. The number of methoxy groups -OCH3 is 1. The zero-order chi connectivity index (χ0) is 24.9. The van der Waals surface area contributed by atoms with E-state index in [2.05, 4.69) is 10.4 Å². The monoisotopic (exact) mass is 472 g/mol. The number of benzene rings is 2. The van der Waals surface area contributed by atoms with Gasteiger partial charge >= 0.3 is 6.03 Å². The van der Waals surface area contributed by atoms with Gasteiger partial charge in [-0.2, -0.15) is 5.10 Å². The maximum Gasteiger partial charge on any atom is 0.318 e. The molecule has 9 heteroatoms. The molecule has 1 N–H and O–H groups in total. The summed E-state index contributed by atoms with van der Waals surface area (Å²) in [6.45, 7) is 8.25. The van der Waals surface area contributed by atoms with E-state index in [4.69, 9.17) is 9.47 Å². The van der Waals surface area contributed by atoms with Gasteiger partial charge in [-0.1, -0.05) is 18.2 Å². The van der Waals surface area contributed by atoms with Crippen LogP contribution in [0.2, 0.25) is 0 Å². The van der Waals surface area contributed by atoms with E-state index in [0.29, 0.717) is 30.1 Å². The van der Waals surface area contributed by atoms with Gasteiger partial charge < -0.3 is 19.7 Å². The maximum absolute atomic E-state index is 14.5. The molecule has 0 bridgehead atoms. The van der Waals surface area contributed by atoms with Crippen LogP contribution < -0.4 is 10.1 Å². The molecule has 2 amide bonds. The highest BCUT2D eigenvalue weighted by Gasteiger charge is 2.26. The van der Waals surface area contributed by atoms with Crippen molar-refractivity contribution in [3.63, 3.8) is 0 Å². The normalized spacial score (nSPS) is 11.4. The first-order chi connectivity index (χ1) is 16.1. The summed E-state index contributed by atoms with van der Waals surface area (Å²) in [4.78, 5) is 14.6. The van der Waals surface area contributed by atoms with Crippen LogP contribution in [0.4, 0.5) is 13.6 Å². The highest BCUT2D eigenvalue weighted by molar-refractivity contribution is 5.75. The first-order valence-electron chi connectivity index (χ1n) is 10.9. The number of urea groups is 1. The van der Waals surface area contributed by atoms with Gasteiger partial charge in [-0.3, -0.25) is 0 Å². The molecular formula is C25H30F2N4O3. The Balaban J connectivity index is 2.05. The van der Waals surface area contributed by atoms with Gasteiger partial charge in [-0.05, 0) is 52.0 Å². The van der Waals surface area contributed by atoms with E-state index < -0.39 is 17.2 Å². The van der Waals surface area contributed by atoms with Crippen LogP contribution in [0.3, 0.4) is 0 Å². The Morgan fingerprint density at radius 3 is 2.47 bits per heavy atom. The Bertz CT molecular complexity index is 1130. The van der Waals surface area contributed by atoms with Gasteiger partial charge in [0.15, 0.2) is 11.6 Å². The number of carbonyl (C=O) groups excluding carboxylic acids is 1. The highest BCUT2D eigenvalue weighted by atomic mass is 19.1. The number of hydrogen-bond acceptors (Lipinski definition) is 4. The molecule has 0 aliphatic rings. The summed E-state index contributed by atoms with van der Waals surface area (Å²) in [6.07, 6.45) is 0. The number of nitrogens with zero attached hydrogens (tertiary/aromatic N) is 3. The van der Waals surface area contributed by atoms with Gasteiger partial charge in [0, 0.05) is 25.3 Å². The van der Waals surface area contributed by atoms with Crippen molar-refractivity contribution in [2.45, 2.75) is 39.8 Å². The Morgan fingerprint density at radius 1 is 1.15 bits per heavy atom. The number of carbonyl (C=O) groups is 1. The number of ether oxygens (including phenoxy) is 2. The van der Waals surface area contributed by atoms with E-state index in [0.717, 1.165) is 12.1 Å². The van der Waals surface area contributed by atoms with E-state index in [-0.39, 0.29) is 24.2 Å². The molecule has 0 fully saturated rings. The molecule has 7 nitrogen and oxygen atoms in total. The van der Waals surface area contributed by atoms with Crippen LogP contribution in [0.5, 0.6) is 11.6 Å². The van der Waals surface area contributed by atoms with Crippen molar-refractivity contribution in [1.29, 1.82) is 0 Å². The number of para-hydroxylation sites is 1. The summed E-state index contributed by atoms with van der Waals surface area (Å²) < 4.78 is 40.6. The Hall–Kier alpha value is -3.46. The molecule has 2 aromatic carbocycles. The molecule has 0 atom stereocenters. The fourth-order valence-corrected chi connectivity index (χ4v) is 3.28. The molecule has 0 spiro atoms. The standard InChI is InChI=1S/C25H30F2N4O3/c1-17-20(16-30(13-14-33-5)24(32)28-25(2,3)4)23(31(29-17)19-9-7-6-8-10-19)34-22-12-11-18(26)15-21(22)27/h6-12,15H,13-14,16H2,1-5H3,(H,28,32). The fourth-order valence-electron chi connectivity index (χ4n) is 3.28. The van der Waals surface area contributed by atoms with Crippen LogP contribution in [-0.4, -0.2) is 46.5 Å². The van der Waals surface area contributed by atoms with Crippen LogP contribution in [-0.2, 0) is 11.3 Å². The summed E-state index contributed by atoms with van der Waals surface area (Å²) in [5, 5.41) is 7.55. The number of amides is 2. The second kappa shape index (κ2) is 10.6. The number of halogens is 2. The highest BCUT2D eigenvalue weighted by Crippen LogP contribution is 2.33. The second-order valence-corrected chi connectivity index (χ2v) is 8.89. The lowest BCUT2D eigenvalue weighted by atomic mass is 10.1. The van der Waals surface area contributed by atoms with Crippen molar-refractivity contribution < 1.29 is 23.0 Å². The number of nitrogens with one attached hydrogen (secondary N) is 1. The predicted octanol–water partition coefficient (Wildman–Crippen LogP) is 5.21.